The third-order valence-corrected chi connectivity index (χ3v) is 5.35. The van der Waals surface area contributed by atoms with Crippen LogP contribution >= 0.6 is 0 Å². The standard InChI is InChI=1S/C15H26O2/c1-5-13(3,4)12(16)17-15(6-2)9-7-8-14(15)10-11-14/h5-11H2,1-4H3. The van der Waals surface area contributed by atoms with Crippen LogP contribution in [0.1, 0.15) is 72.6 Å². The summed E-state index contributed by atoms with van der Waals surface area (Å²) >= 11 is 0. The van der Waals surface area contributed by atoms with Gasteiger partial charge in [0.25, 0.3) is 0 Å². The minimum atomic E-state index is -0.332. The summed E-state index contributed by atoms with van der Waals surface area (Å²) in [4.78, 5) is 12.3. The Labute approximate surface area is 105 Å². The molecule has 2 aliphatic rings. The van der Waals surface area contributed by atoms with Crippen molar-refractivity contribution in [3.8, 4) is 0 Å². The highest BCUT2D eigenvalue weighted by Crippen LogP contribution is 2.66. The fourth-order valence-electron chi connectivity index (χ4n) is 3.30. The first-order valence-electron chi connectivity index (χ1n) is 7.15. The molecule has 0 aliphatic heterocycles. The minimum Gasteiger partial charge on any atom is -0.458 e. The van der Waals surface area contributed by atoms with Gasteiger partial charge in [-0.05, 0) is 58.8 Å². The first kappa shape index (κ1) is 12.9. The van der Waals surface area contributed by atoms with Crippen molar-refractivity contribution >= 4 is 5.97 Å². The summed E-state index contributed by atoms with van der Waals surface area (Å²) in [5.74, 6) is 0.00928. The number of ether oxygens (including phenoxy) is 1. The van der Waals surface area contributed by atoms with Crippen LogP contribution in [0.4, 0.5) is 0 Å². The maximum absolute atomic E-state index is 12.3. The van der Waals surface area contributed by atoms with Gasteiger partial charge in [0.1, 0.15) is 5.60 Å². The van der Waals surface area contributed by atoms with E-state index in [1.165, 1.54) is 25.7 Å². The van der Waals surface area contributed by atoms with Crippen LogP contribution in [0.3, 0.4) is 0 Å². The van der Waals surface area contributed by atoms with Crippen LogP contribution in [0.2, 0.25) is 0 Å². The van der Waals surface area contributed by atoms with E-state index >= 15 is 0 Å². The molecule has 2 rings (SSSR count). The molecule has 2 fully saturated rings. The van der Waals surface area contributed by atoms with E-state index in [2.05, 4.69) is 13.8 Å². The average molecular weight is 238 g/mol. The Morgan fingerprint density at radius 3 is 2.29 bits per heavy atom. The third kappa shape index (κ3) is 1.90. The summed E-state index contributed by atoms with van der Waals surface area (Å²) in [6, 6.07) is 0. The van der Waals surface area contributed by atoms with Crippen molar-refractivity contribution in [2.75, 3.05) is 0 Å². The Balaban J connectivity index is 2.13. The third-order valence-electron chi connectivity index (χ3n) is 5.35. The van der Waals surface area contributed by atoms with Crippen LogP contribution in [0, 0.1) is 10.8 Å². The maximum atomic E-state index is 12.3. The fourth-order valence-corrected chi connectivity index (χ4v) is 3.30. The molecule has 0 heterocycles. The first-order chi connectivity index (χ1) is 7.91. The van der Waals surface area contributed by atoms with E-state index in [-0.39, 0.29) is 17.0 Å². The fraction of sp³-hybridized carbons (Fsp3) is 0.933. The highest BCUT2D eigenvalue weighted by Gasteiger charge is 2.63. The highest BCUT2D eigenvalue weighted by molar-refractivity contribution is 5.76. The van der Waals surface area contributed by atoms with E-state index in [1.54, 1.807) is 0 Å². The zero-order chi connectivity index (χ0) is 12.7. The minimum absolute atomic E-state index is 0.00928. The zero-order valence-electron chi connectivity index (χ0n) is 11.8. The molecule has 0 saturated heterocycles. The lowest BCUT2D eigenvalue weighted by Crippen LogP contribution is -2.43. The van der Waals surface area contributed by atoms with E-state index < -0.39 is 0 Å². The van der Waals surface area contributed by atoms with Crippen LogP contribution in [0.15, 0.2) is 0 Å². The van der Waals surface area contributed by atoms with Gasteiger partial charge in [-0.25, -0.2) is 0 Å². The molecule has 2 heteroatoms. The van der Waals surface area contributed by atoms with Crippen LogP contribution < -0.4 is 0 Å². The molecule has 0 aromatic carbocycles. The molecule has 98 valence electrons. The van der Waals surface area contributed by atoms with E-state index in [9.17, 15) is 4.79 Å². The second-order valence-corrected chi connectivity index (χ2v) is 6.61. The molecule has 2 saturated carbocycles. The Bertz CT molecular complexity index is 315. The van der Waals surface area contributed by atoms with Crippen molar-refractivity contribution in [2.24, 2.45) is 10.8 Å². The second kappa shape index (κ2) is 4.00. The number of hydrogen-bond donors (Lipinski definition) is 0. The number of carbonyl (C=O) groups excluding carboxylic acids is 1. The molecular formula is C15H26O2. The van der Waals surface area contributed by atoms with Crippen molar-refractivity contribution in [3.63, 3.8) is 0 Å². The monoisotopic (exact) mass is 238 g/mol. The van der Waals surface area contributed by atoms with Gasteiger partial charge in [0.15, 0.2) is 0 Å². The molecular weight excluding hydrogens is 212 g/mol. The molecule has 2 nitrogen and oxygen atoms in total. The Morgan fingerprint density at radius 1 is 1.18 bits per heavy atom. The summed E-state index contributed by atoms with van der Waals surface area (Å²) in [7, 11) is 0. The lowest BCUT2D eigenvalue weighted by Gasteiger charge is -2.37. The molecule has 0 aromatic heterocycles. The quantitative estimate of drug-likeness (QED) is 0.690. The SMILES string of the molecule is CCC(C)(C)C(=O)OC1(CC)CCCC12CC2. The van der Waals surface area contributed by atoms with Gasteiger partial charge < -0.3 is 4.74 Å². The molecule has 0 radical (unpaired) electrons. The first-order valence-corrected chi connectivity index (χ1v) is 7.15. The molecule has 0 aromatic rings. The summed E-state index contributed by atoms with van der Waals surface area (Å²) in [6.07, 6.45) is 7.93. The van der Waals surface area contributed by atoms with Crippen LogP contribution in [0.25, 0.3) is 0 Å². The highest BCUT2D eigenvalue weighted by atomic mass is 16.6. The predicted octanol–water partition coefficient (Wildman–Crippen LogP) is 4.08. The molecule has 0 N–H and O–H groups in total. The smallest absolute Gasteiger partial charge is 0.312 e. The lowest BCUT2D eigenvalue weighted by atomic mass is 9.83. The van der Waals surface area contributed by atoms with E-state index in [0.29, 0.717) is 5.41 Å². The largest absolute Gasteiger partial charge is 0.458 e. The summed E-state index contributed by atoms with van der Waals surface area (Å²) < 4.78 is 6.04. The zero-order valence-corrected chi connectivity index (χ0v) is 11.8. The van der Waals surface area contributed by atoms with Gasteiger partial charge in [0, 0.05) is 5.41 Å². The van der Waals surface area contributed by atoms with Gasteiger partial charge in [-0.2, -0.15) is 0 Å². The number of rotatable bonds is 4. The van der Waals surface area contributed by atoms with E-state index in [4.69, 9.17) is 4.74 Å². The normalized spacial score (nSPS) is 30.6. The number of hydrogen-bond acceptors (Lipinski definition) is 2. The predicted molar refractivity (Wildman–Crippen MR) is 68.7 cm³/mol. The van der Waals surface area contributed by atoms with Gasteiger partial charge in [-0.3, -0.25) is 4.79 Å². The molecule has 1 spiro atoms. The van der Waals surface area contributed by atoms with Gasteiger partial charge in [0.05, 0.1) is 5.41 Å². The van der Waals surface area contributed by atoms with Gasteiger partial charge in [-0.15, -0.1) is 0 Å². The van der Waals surface area contributed by atoms with Crippen molar-refractivity contribution in [2.45, 2.75) is 78.2 Å². The Kier molecular flexibility index (Phi) is 3.04. The number of esters is 1. The molecule has 1 atom stereocenters. The Hall–Kier alpha value is -0.530. The van der Waals surface area contributed by atoms with Gasteiger partial charge >= 0.3 is 5.97 Å². The molecule has 0 bridgehead atoms. The van der Waals surface area contributed by atoms with E-state index in [0.717, 1.165) is 19.3 Å². The van der Waals surface area contributed by atoms with Crippen LogP contribution in [0.5, 0.6) is 0 Å². The molecule has 17 heavy (non-hydrogen) atoms. The lowest BCUT2D eigenvalue weighted by molar-refractivity contribution is -0.177. The topological polar surface area (TPSA) is 26.3 Å². The van der Waals surface area contributed by atoms with Crippen molar-refractivity contribution < 1.29 is 9.53 Å². The van der Waals surface area contributed by atoms with Crippen molar-refractivity contribution in [3.05, 3.63) is 0 Å². The van der Waals surface area contributed by atoms with Gasteiger partial charge in [0.2, 0.25) is 0 Å². The van der Waals surface area contributed by atoms with Crippen LogP contribution in [-0.2, 0) is 9.53 Å². The van der Waals surface area contributed by atoms with Gasteiger partial charge in [-0.1, -0.05) is 13.8 Å². The molecule has 0 amide bonds. The maximum Gasteiger partial charge on any atom is 0.312 e. The van der Waals surface area contributed by atoms with Crippen molar-refractivity contribution in [1.29, 1.82) is 0 Å². The average Bonchev–Trinajstić information content (AvgIpc) is 2.99. The summed E-state index contributed by atoms with van der Waals surface area (Å²) in [6.45, 7) is 8.22. The van der Waals surface area contributed by atoms with Crippen LogP contribution in [-0.4, -0.2) is 11.6 Å². The molecule has 1 unspecified atom stereocenters. The second-order valence-electron chi connectivity index (χ2n) is 6.61. The Morgan fingerprint density at radius 2 is 1.82 bits per heavy atom. The number of carbonyl (C=O) groups is 1. The summed E-state index contributed by atoms with van der Waals surface area (Å²) in [5.41, 5.74) is -0.0986. The molecule has 2 aliphatic carbocycles. The van der Waals surface area contributed by atoms with Crippen molar-refractivity contribution in [1.82, 2.24) is 0 Å². The van der Waals surface area contributed by atoms with E-state index in [1.807, 2.05) is 13.8 Å². The summed E-state index contributed by atoms with van der Waals surface area (Å²) in [5, 5.41) is 0.